The van der Waals surface area contributed by atoms with Crippen molar-refractivity contribution in [1.29, 1.82) is 0 Å². The van der Waals surface area contributed by atoms with Crippen LogP contribution in [0.1, 0.15) is 29.8 Å². The highest BCUT2D eigenvalue weighted by Gasteiger charge is 2.09. The van der Waals surface area contributed by atoms with E-state index in [0.717, 1.165) is 34.4 Å². The summed E-state index contributed by atoms with van der Waals surface area (Å²) < 4.78 is 1.82. The Morgan fingerprint density at radius 2 is 2.25 bits per heavy atom. The van der Waals surface area contributed by atoms with Crippen molar-refractivity contribution in [3.63, 3.8) is 0 Å². The summed E-state index contributed by atoms with van der Waals surface area (Å²) in [7, 11) is 1.92. The highest BCUT2D eigenvalue weighted by molar-refractivity contribution is 5.78. The van der Waals surface area contributed by atoms with Crippen molar-refractivity contribution in [2.75, 3.05) is 0 Å². The molecule has 0 bridgehead atoms. The second kappa shape index (κ2) is 5.05. The molecule has 2 N–H and O–H groups in total. The largest absolute Gasteiger partial charge is 0.306 e. The Labute approximate surface area is 117 Å². The fourth-order valence-electron chi connectivity index (χ4n) is 2.33. The lowest BCUT2D eigenvalue weighted by molar-refractivity contribution is 0.574. The first-order valence-electron chi connectivity index (χ1n) is 6.65. The molecular formula is C14H18N6. The van der Waals surface area contributed by atoms with Crippen molar-refractivity contribution in [2.24, 2.45) is 7.05 Å². The van der Waals surface area contributed by atoms with Crippen LogP contribution >= 0.6 is 0 Å². The number of nitrogens with zero attached hydrogens (tertiary/aromatic N) is 4. The number of rotatable bonds is 4. The molecule has 3 aromatic rings. The van der Waals surface area contributed by atoms with Gasteiger partial charge >= 0.3 is 0 Å². The standard InChI is InChI=1S/C14H18N6/c1-9(12-7-17-18-8-12)15-5-11-4-13-10(2)19-20(3)14(13)16-6-11/h4,6-9,15H,5H2,1-3H3,(H,17,18). The van der Waals surface area contributed by atoms with E-state index in [4.69, 9.17) is 0 Å². The highest BCUT2D eigenvalue weighted by atomic mass is 15.3. The molecule has 0 aliphatic heterocycles. The van der Waals surface area contributed by atoms with E-state index in [9.17, 15) is 0 Å². The van der Waals surface area contributed by atoms with Gasteiger partial charge < -0.3 is 5.32 Å². The molecule has 6 nitrogen and oxygen atoms in total. The van der Waals surface area contributed by atoms with Crippen molar-refractivity contribution in [3.8, 4) is 0 Å². The first-order valence-corrected chi connectivity index (χ1v) is 6.65. The second-order valence-electron chi connectivity index (χ2n) is 5.06. The number of aryl methyl sites for hydroxylation is 2. The molecule has 0 spiro atoms. The van der Waals surface area contributed by atoms with Gasteiger partial charge in [0.1, 0.15) is 0 Å². The summed E-state index contributed by atoms with van der Waals surface area (Å²) in [5, 5.41) is 15.8. The molecule has 0 amide bonds. The average Bonchev–Trinajstić information content (AvgIpc) is 3.06. The van der Waals surface area contributed by atoms with E-state index in [1.165, 1.54) is 0 Å². The first-order chi connectivity index (χ1) is 9.65. The molecule has 0 saturated heterocycles. The maximum Gasteiger partial charge on any atom is 0.157 e. The van der Waals surface area contributed by atoms with E-state index < -0.39 is 0 Å². The van der Waals surface area contributed by atoms with E-state index in [-0.39, 0.29) is 6.04 Å². The third kappa shape index (κ3) is 2.30. The Morgan fingerprint density at radius 1 is 1.40 bits per heavy atom. The fourth-order valence-corrected chi connectivity index (χ4v) is 2.33. The van der Waals surface area contributed by atoms with Crippen LogP contribution in [-0.4, -0.2) is 25.0 Å². The quantitative estimate of drug-likeness (QED) is 0.759. The van der Waals surface area contributed by atoms with Crippen LogP contribution in [0, 0.1) is 6.92 Å². The highest BCUT2D eigenvalue weighted by Crippen LogP contribution is 2.17. The molecule has 1 atom stereocenters. The molecule has 0 aliphatic carbocycles. The lowest BCUT2D eigenvalue weighted by Crippen LogP contribution is -2.17. The van der Waals surface area contributed by atoms with Gasteiger partial charge in [0, 0.05) is 43.0 Å². The monoisotopic (exact) mass is 270 g/mol. The van der Waals surface area contributed by atoms with Gasteiger partial charge in [-0.15, -0.1) is 0 Å². The first kappa shape index (κ1) is 12.8. The van der Waals surface area contributed by atoms with E-state index in [0.29, 0.717) is 0 Å². The summed E-state index contributed by atoms with van der Waals surface area (Å²) in [6, 6.07) is 2.40. The zero-order valence-electron chi connectivity index (χ0n) is 11.9. The van der Waals surface area contributed by atoms with Gasteiger partial charge in [-0.2, -0.15) is 10.2 Å². The van der Waals surface area contributed by atoms with E-state index in [1.807, 2.05) is 37.2 Å². The number of fused-ring (bicyclic) bond motifs is 1. The summed E-state index contributed by atoms with van der Waals surface area (Å²) >= 11 is 0. The van der Waals surface area contributed by atoms with E-state index in [2.05, 4.69) is 38.6 Å². The van der Waals surface area contributed by atoms with Crippen molar-refractivity contribution in [2.45, 2.75) is 26.4 Å². The van der Waals surface area contributed by atoms with Crippen LogP contribution < -0.4 is 5.32 Å². The average molecular weight is 270 g/mol. The van der Waals surface area contributed by atoms with Gasteiger partial charge in [0.2, 0.25) is 0 Å². The molecule has 104 valence electrons. The topological polar surface area (TPSA) is 71.4 Å². The van der Waals surface area contributed by atoms with Gasteiger partial charge in [-0.25, -0.2) is 4.98 Å². The number of H-pyrrole nitrogens is 1. The molecule has 3 heterocycles. The molecular weight excluding hydrogens is 252 g/mol. The summed E-state index contributed by atoms with van der Waals surface area (Å²) in [4.78, 5) is 4.48. The molecule has 3 aromatic heterocycles. The number of pyridine rings is 1. The number of hydrogen-bond acceptors (Lipinski definition) is 4. The molecule has 0 aliphatic rings. The van der Waals surface area contributed by atoms with Crippen molar-refractivity contribution in [3.05, 3.63) is 41.5 Å². The molecule has 0 fully saturated rings. The predicted octanol–water partition coefficient (Wildman–Crippen LogP) is 1.85. The number of nitrogens with one attached hydrogen (secondary N) is 2. The lowest BCUT2D eigenvalue weighted by atomic mass is 10.1. The molecule has 20 heavy (non-hydrogen) atoms. The van der Waals surface area contributed by atoms with E-state index >= 15 is 0 Å². The summed E-state index contributed by atoms with van der Waals surface area (Å²) in [5.41, 5.74) is 4.24. The van der Waals surface area contributed by atoms with Gasteiger partial charge in [0.05, 0.1) is 11.9 Å². The van der Waals surface area contributed by atoms with Gasteiger partial charge in [-0.05, 0) is 25.5 Å². The van der Waals surface area contributed by atoms with Crippen LogP contribution in [0.5, 0.6) is 0 Å². The van der Waals surface area contributed by atoms with Crippen molar-refractivity contribution < 1.29 is 0 Å². The Balaban J connectivity index is 1.76. The molecule has 0 saturated carbocycles. The molecule has 0 radical (unpaired) electrons. The number of aromatic nitrogens is 5. The smallest absolute Gasteiger partial charge is 0.157 e. The van der Waals surface area contributed by atoms with Crippen LogP contribution in [0.2, 0.25) is 0 Å². The molecule has 0 aromatic carbocycles. The normalized spacial score (nSPS) is 12.9. The van der Waals surface area contributed by atoms with Crippen LogP contribution in [0.15, 0.2) is 24.7 Å². The zero-order valence-corrected chi connectivity index (χ0v) is 11.9. The summed E-state index contributed by atoms with van der Waals surface area (Å²) in [6.45, 7) is 4.89. The maximum absolute atomic E-state index is 4.48. The minimum absolute atomic E-state index is 0.249. The number of hydrogen-bond donors (Lipinski definition) is 2. The Bertz CT molecular complexity index is 713. The zero-order chi connectivity index (χ0) is 14.1. The fraction of sp³-hybridized carbons (Fsp3) is 0.357. The summed E-state index contributed by atoms with van der Waals surface area (Å²) in [6.07, 6.45) is 5.65. The maximum atomic E-state index is 4.48. The van der Waals surface area contributed by atoms with Crippen LogP contribution in [0.25, 0.3) is 11.0 Å². The summed E-state index contributed by atoms with van der Waals surface area (Å²) in [5.74, 6) is 0. The van der Waals surface area contributed by atoms with Crippen LogP contribution in [0.4, 0.5) is 0 Å². The van der Waals surface area contributed by atoms with Gasteiger partial charge in [0.25, 0.3) is 0 Å². The Hall–Kier alpha value is -2.21. The van der Waals surface area contributed by atoms with Gasteiger partial charge in [0.15, 0.2) is 5.65 Å². The molecule has 1 unspecified atom stereocenters. The van der Waals surface area contributed by atoms with Crippen molar-refractivity contribution >= 4 is 11.0 Å². The Kier molecular flexibility index (Phi) is 3.23. The molecule has 3 rings (SSSR count). The Morgan fingerprint density at radius 3 is 3.00 bits per heavy atom. The van der Waals surface area contributed by atoms with Gasteiger partial charge in [-0.1, -0.05) is 0 Å². The third-order valence-corrected chi connectivity index (χ3v) is 3.55. The third-order valence-electron chi connectivity index (χ3n) is 3.55. The predicted molar refractivity (Wildman–Crippen MR) is 77.1 cm³/mol. The minimum Gasteiger partial charge on any atom is -0.306 e. The van der Waals surface area contributed by atoms with Gasteiger partial charge in [-0.3, -0.25) is 9.78 Å². The van der Waals surface area contributed by atoms with E-state index in [1.54, 1.807) is 0 Å². The SMILES string of the molecule is Cc1nn(C)c2ncc(CNC(C)c3cn[nH]c3)cc12. The second-order valence-corrected chi connectivity index (χ2v) is 5.06. The van der Waals surface area contributed by atoms with Crippen LogP contribution in [-0.2, 0) is 13.6 Å². The van der Waals surface area contributed by atoms with Crippen LogP contribution in [0.3, 0.4) is 0 Å². The van der Waals surface area contributed by atoms with Crippen molar-refractivity contribution in [1.82, 2.24) is 30.3 Å². The number of aromatic amines is 1. The molecule has 6 heteroatoms. The minimum atomic E-state index is 0.249. The lowest BCUT2D eigenvalue weighted by Gasteiger charge is -2.11.